The van der Waals surface area contributed by atoms with Crippen LogP contribution in [0.25, 0.3) is 0 Å². The molecule has 1 aliphatic rings. The van der Waals surface area contributed by atoms with Gasteiger partial charge in [-0.1, -0.05) is 30.3 Å². The number of benzene rings is 1. The van der Waals surface area contributed by atoms with Crippen LogP contribution in [0.4, 0.5) is 0 Å². The normalized spacial score (nSPS) is 23.8. The van der Waals surface area contributed by atoms with E-state index in [4.69, 9.17) is 0 Å². The minimum atomic E-state index is -0.356. The molecule has 2 rings (SSSR count). The lowest BCUT2D eigenvalue weighted by Gasteiger charge is -2.30. The Balaban J connectivity index is 2.23. The van der Waals surface area contributed by atoms with E-state index >= 15 is 0 Å². The topological polar surface area (TPSA) is 27.0 Å². The van der Waals surface area contributed by atoms with Gasteiger partial charge in [0.1, 0.15) is 0 Å². The summed E-state index contributed by atoms with van der Waals surface area (Å²) in [6, 6.07) is 13.4. The molecule has 96 valence electrons. The Labute approximate surface area is 110 Å². The monoisotopic (exact) mass is 242 g/mol. The molecule has 1 fully saturated rings. The van der Waals surface area contributed by atoms with Crippen molar-refractivity contribution in [2.75, 3.05) is 13.1 Å². The molecule has 1 heterocycles. The third-order valence-corrected chi connectivity index (χ3v) is 4.37. The van der Waals surface area contributed by atoms with Crippen LogP contribution in [0.5, 0.6) is 0 Å². The van der Waals surface area contributed by atoms with Crippen LogP contribution in [0.2, 0.25) is 0 Å². The summed E-state index contributed by atoms with van der Waals surface area (Å²) in [5.41, 5.74) is 0.799. The quantitative estimate of drug-likeness (QED) is 0.814. The zero-order chi connectivity index (χ0) is 13.2. The zero-order valence-electron chi connectivity index (χ0n) is 11.6. The van der Waals surface area contributed by atoms with Crippen LogP contribution in [-0.4, -0.2) is 24.0 Å². The van der Waals surface area contributed by atoms with E-state index in [9.17, 15) is 5.26 Å². The molecule has 1 saturated heterocycles. The summed E-state index contributed by atoms with van der Waals surface area (Å²) in [4.78, 5) is 2.48. The number of rotatable bonds is 3. The van der Waals surface area contributed by atoms with E-state index in [2.05, 4.69) is 43.9 Å². The molecule has 0 unspecified atom stereocenters. The second-order valence-corrected chi connectivity index (χ2v) is 5.75. The number of likely N-dealkylation sites (tertiary alicyclic amines) is 1. The molecule has 0 radical (unpaired) electrons. The van der Waals surface area contributed by atoms with E-state index in [0.717, 1.165) is 25.1 Å². The summed E-state index contributed by atoms with van der Waals surface area (Å²) < 4.78 is 0. The predicted molar refractivity (Wildman–Crippen MR) is 74.2 cm³/mol. The molecule has 0 bridgehead atoms. The van der Waals surface area contributed by atoms with Crippen LogP contribution in [0.3, 0.4) is 0 Å². The smallest absolute Gasteiger partial charge is 0.0835 e. The molecular formula is C16H22N2. The Bertz CT molecular complexity index is 432. The van der Waals surface area contributed by atoms with E-state index in [1.54, 1.807) is 0 Å². The van der Waals surface area contributed by atoms with Gasteiger partial charge < -0.3 is 4.90 Å². The highest BCUT2D eigenvalue weighted by Gasteiger charge is 2.40. The first-order valence-electron chi connectivity index (χ1n) is 6.78. The van der Waals surface area contributed by atoms with Gasteiger partial charge in [-0.15, -0.1) is 0 Å². The Kier molecular flexibility index (Phi) is 3.73. The molecule has 0 aliphatic carbocycles. The van der Waals surface area contributed by atoms with Crippen molar-refractivity contribution in [1.29, 1.82) is 5.26 Å². The van der Waals surface area contributed by atoms with Crippen molar-refractivity contribution < 1.29 is 0 Å². The molecule has 1 aliphatic heterocycles. The van der Waals surface area contributed by atoms with Gasteiger partial charge in [0.15, 0.2) is 0 Å². The Morgan fingerprint density at radius 2 is 2.00 bits per heavy atom. The molecule has 2 heteroatoms. The average molecular weight is 242 g/mol. The highest BCUT2D eigenvalue weighted by molar-refractivity contribution is 5.33. The number of hydrogen-bond acceptors (Lipinski definition) is 2. The third-order valence-electron chi connectivity index (χ3n) is 4.37. The first kappa shape index (κ1) is 13.1. The molecule has 0 spiro atoms. The van der Waals surface area contributed by atoms with Gasteiger partial charge >= 0.3 is 0 Å². The molecular weight excluding hydrogens is 220 g/mol. The largest absolute Gasteiger partial charge is 0.301 e. The van der Waals surface area contributed by atoms with Crippen LogP contribution >= 0.6 is 0 Å². The van der Waals surface area contributed by atoms with Gasteiger partial charge in [0, 0.05) is 12.6 Å². The average Bonchev–Trinajstić information content (AvgIpc) is 2.89. The van der Waals surface area contributed by atoms with E-state index in [1.165, 1.54) is 0 Å². The molecule has 2 nitrogen and oxygen atoms in total. The maximum atomic E-state index is 9.66. The fraction of sp³-hybridized carbons (Fsp3) is 0.562. The van der Waals surface area contributed by atoms with Crippen LogP contribution in [0.1, 0.15) is 32.8 Å². The number of nitrogens with zero attached hydrogens (tertiary/aromatic N) is 2. The summed E-state index contributed by atoms with van der Waals surface area (Å²) in [6.07, 6.45) is 1.12. The lowest BCUT2D eigenvalue weighted by Crippen LogP contribution is -2.35. The first-order chi connectivity index (χ1) is 8.58. The van der Waals surface area contributed by atoms with Gasteiger partial charge in [-0.3, -0.25) is 0 Å². The van der Waals surface area contributed by atoms with Crippen molar-refractivity contribution in [3.8, 4) is 6.07 Å². The minimum absolute atomic E-state index is 0.356. The van der Waals surface area contributed by atoms with Gasteiger partial charge in [0.05, 0.1) is 11.5 Å². The highest BCUT2D eigenvalue weighted by atomic mass is 15.2. The number of nitriles is 1. The van der Waals surface area contributed by atoms with Crippen molar-refractivity contribution in [2.45, 2.75) is 38.6 Å². The molecule has 2 atom stereocenters. The lowest BCUT2D eigenvalue weighted by molar-refractivity contribution is 0.250. The van der Waals surface area contributed by atoms with Crippen molar-refractivity contribution in [1.82, 2.24) is 4.90 Å². The van der Waals surface area contributed by atoms with E-state index in [-0.39, 0.29) is 5.41 Å². The summed E-state index contributed by atoms with van der Waals surface area (Å²) in [6.45, 7) is 8.71. The Morgan fingerprint density at radius 1 is 1.33 bits per heavy atom. The van der Waals surface area contributed by atoms with Crippen LogP contribution in [0.15, 0.2) is 30.3 Å². The summed E-state index contributed by atoms with van der Waals surface area (Å²) in [5.74, 6) is 0.437. The van der Waals surface area contributed by atoms with Crippen molar-refractivity contribution in [3.05, 3.63) is 35.9 Å². The van der Waals surface area contributed by atoms with Gasteiger partial charge in [0.2, 0.25) is 0 Å². The predicted octanol–water partition coefficient (Wildman–Crippen LogP) is 3.20. The SMILES string of the molecule is CC(C)N1CC[C@@H]([C@@](C)(C#N)c2ccccc2)C1. The van der Waals surface area contributed by atoms with E-state index < -0.39 is 0 Å². The van der Waals surface area contributed by atoms with Crippen LogP contribution in [-0.2, 0) is 5.41 Å². The maximum Gasteiger partial charge on any atom is 0.0835 e. The Morgan fingerprint density at radius 3 is 2.50 bits per heavy atom. The second kappa shape index (κ2) is 5.12. The van der Waals surface area contributed by atoms with Gasteiger partial charge in [-0.2, -0.15) is 5.26 Å². The maximum absolute atomic E-state index is 9.66. The molecule has 0 N–H and O–H groups in total. The summed E-state index contributed by atoms with van der Waals surface area (Å²) >= 11 is 0. The molecule has 0 aromatic heterocycles. The van der Waals surface area contributed by atoms with E-state index in [1.807, 2.05) is 18.2 Å². The van der Waals surface area contributed by atoms with Crippen molar-refractivity contribution in [3.63, 3.8) is 0 Å². The van der Waals surface area contributed by atoms with Gasteiger partial charge in [-0.25, -0.2) is 0 Å². The standard InChI is InChI=1S/C16H22N2/c1-13(2)18-10-9-15(11-18)16(3,12-17)14-7-5-4-6-8-14/h4-8,13,15H,9-11H2,1-3H3/t15-,16+/m1/s1. The zero-order valence-corrected chi connectivity index (χ0v) is 11.6. The van der Waals surface area contributed by atoms with Gasteiger partial charge in [0.25, 0.3) is 0 Å². The fourth-order valence-corrected chi connectivity index (χ4v) is 2.90. The molecule has 0 saturated carbocycles. The van der Waals surface area contributed by atoms with Crippen molar-refractivity contribution >= 4 is 0 Å². The molecule has 1 aromatic carbocycles. The van der Waals surface area contributed by atoms with Gasteiger partial charge in [-0.05, 0) is 45.2 Å². The minimum Gasteiger partial charge on any atom is -0.301 e. The Hall–Kier alpha value is -1.33. The van der Waals surface area contributed by atoms with Crippen molar-refractivity contribution in [2.24, 2.45) is 5.92 Å². The molecule has 0 amide bonds. The fourth-order valence-electron chi connectivity index (χ4n) is 2.90. The first-order valence-corrected chi connectivity index (χ1v) is 6.78. The highest BCUT2D eigenvalue weighted by Crippen LogP contribution is 2.37. The molecule has 1 aromatic rings. The molecule has 18 heavy (non-hydrogen) atoms. The third kappa shape index (κ3) is 2.28. The van der Waals surface area contributed by atoms with Crippen LogP contribution in [0, 0.1) is 17.2 Å². The summed E-state index contributed by atoms with van der Waals surface area (Å²) in [5, 5.41) is 9.66. The number of hydrogen-bond donors (Lipinski definition) is 0. The lowest BCUT2D eigenvalue weighted by atomic mass is 9.72. The summed E-state index contributed by atoms with van der Waals surface area (Å²) in [7, 11) is 0. The second-order valence-electron chi connectivity index (χ2n) is 5.75. The van der Waals surface area contributed by atoms with E-state index in [0.29, 0.717) is 12.0 Å². The van der Waals surface area contributed by atoms with Crippen LogP contribution < -0.4 is 0 Å².